The van der Waals surface area contributed by atoms with Gasteiger partial charge >= 0.3 is 5.97 Å². The highest BCUT2D eigenvalue weighted by atomic mass is 32.2. The fraction of sp³-hybridized carbons (Fsp3) is 0.240. The van der Waals surface area contributed by atoms with E-state index in [1.807, 2.05) is 55.5 Å². The third-order valence-corrected chi connectivity index (χ3v) is 6.37. The third kappa shape index (κ3) is 6.26. The van der Waals surface area contributed by atoms with Crippen molar-refractivity contribution in [3.63, 3.8) is 0 Å². The maximum atomic E-state index is 12.4. The highest BCUT2D eigenvalue weighted by molar-refractivity contribution is 7.86. The molecule has 0 aliphatic rings. The van der Waals surface area contributed by atoms with Gasteiger partial charge in [-0.25, -0.2) is 0 Å². The van der Waals surface area contributed by atoms with Crippen molar-refractivity contribution >= 4 is 16.1 Å². The van der Waals surface area contributed by atoms with Gasteiger partial charge in [0.05, 0.1) is 18.6 Å². The molecule has 6 heteroatoms. The van der Waals surface area contributed by atoms with Crippen LogP contribution in [0.1, 0.15) is 23.1 Å². The van der Waals surface area contributed by atoms with E-state index >= 15 is 0 Å². The first kappa shape index (κ1) is 22.7. The summed E-state index contributed by atoms with van der Waals surface area (Å²) in [5, 5.41) is 0. The molecule has 0 aliphatic carbocycles. The molecule has 0 heterocycles. The van der Waals surface area contributed by atoms with Crippen molar-refractivity contribution in [3.05, 3.63) is 89.5 Å². The van der Waals surface area contributed by atoms with Crippen LogP contribution in [-0.4, -0.2) is 28.1 Å². The second-order valence-electron chi connectivity index (χ2n) is 7.27. The highest BCUT2D eigenvalue weighted by Gasteiger charge is 2.15. The Balaban J connectivity index is 1.66. The standard InChI is InChI=1S/C25H26O5S/c1-19-7-14-23(15-8-19)31(27,28)30-18-17-21-5-3-4-6-24(21)22-12-9-20(10-13-22)11-16-25(26)29-2/h3-10,12-15H,11,16-18H2,1-2H3. The van der Waals surface area contributed by atoms with Crippen LogP contribution in [-0.2, 0) is 36.7 Å². The number of rotatable bonds is 9. The van der Waals surface area contributed by atoms with Crippen molar-refractivity contribution in [2.75, 3.05) is 13.7 Å². The molecule has 0 fully saturated rings. The molecule has 0 unspecified atom stereocenters. The Hall–Kier alpha value is -2.96. The van der Waals surface area contributed by atoms with Crippen LogP contribution < -0.4 is 0 Å². The van der Waals surface area contributed by atoms with Crippen LogP contribution in [0.25, 0.3) is 11.1 Å². The Bertz CT molecular complexity index is 1120. The Morgan fingerprint density at radius 1 is 0.871 bits per heavy atom. The van der Waals surface area contributed by atoms with Crippen molar-refractivity contribution in [2.24, 2.45) is 0 Å². The molecule has 0 saturated carbocycles. The van der Waals surface area contributed by atoms with Gasteiger partial charge in [-0.3, -0.25) is 8.98 Å². The lowest BCUT2D eigenvalue weighted by atomic mass is 9.96. The molecular weight excluding hydrogens is 412 g/mol. The number of methoxy groups -OCH3 is 1. The first-order valence-electron chi connectivity index (χ1n) is 10.1. The highest BCUT2D eigenvalue weighted by Crippen LogP contribution is 2.25. The number of esters is 1. The summed E-state index contributed by atoms with van der Waals surface area (Å²) in [4.78, 5) is 11.5. The van der Waals surface area contributed by atoms with E-state index in [1.54, 1.807) is 24.3 Å². The van der Waals surface area contributed by atoms with Crippen LogP contribution >= 0.6 is 0 Å². The number of carbonyl (C=O) groups is 1. The minimum Gasteiger partial charge on any atom is -0.469 e. The molecule has 0 amide bonds. The molecular formula is C25H26O5S. The lowest BCUT2D eigenvalue weighted by Crippen LogP contribution is -2.09. The number of hydrogen-bond donors (Lipinski definition) is 0. The second-order valence-corrected chi connectivity index (χ2v) is 8.88. The van der Waals surface area contributed by atoms with Crippen LogP contribution in [0.2, 0.25) is 0 Å². The molecule has 31 heavy (non-hydrogen) atoms. The van der Waals surface area contributed by atoms with Gasteiger partial charge in [-0.15, -0.1) is 0 Å². The van der Waals surface area contributed by atoms with Crippen LogP contribution in [0.5, 0.6) is 0 Å². The number of ether oxygens (including phenoxy) is 1. The molecule has 0 spiro atoms. The number of benzene rings is 3. The second kappa shape index (κ2) is 10.4. The smallest absolute Gasteiger partial charge is 0.305 e. The van der Waals surface area contributed by atoms with Gasteiger partial charge in [-0.05, 0) is 54.2 Å². The van der Waals surface area contributed by atoms with Gasteiger partial charge in [0.15, 0.2) is 0 Å². The minimum absolute atomic E-state index is 0.0600. The van der Waals surface area contributed by atoms with E-state index in [2.05, 4.69) is 4.74 Å². The fourth-order valence-corrected chi connectivity index (χ4v) is 4.16. The number of aryl methyl sites for hydroxylation is 2. The summed E-state index contributed by atoms with van der Waals surface area (Å²) in [7, 11) is -2.40. The molecule has 0 bridgehead atoms. The zero-order valence-electron chi connectivity index (χ0n) is 17.7. The molecule has 0 N–H and O–H groups in total. The predicted octanol–water partition coefficient (Wildman–Crippen LogP) is 4.72. The van der Waals surface area contributed by atoms with Crippen LogP contribution in [0.15, 0.2) is 77.7 Å². The first-order chi connectivity index (χ1) is 14.9. The molecule has 162 valence electrons. The summed E-state index contributed by atoms with van der Waals surface area (Å²) in [5.41, 5.74) is 5.10. The Morgan fingerprint density at radius 2 is 1.55 bits per heavy atom. The zero-order valence-corrected chi connectivity index (χ0v) is 18.5. The quantitative estimate of drug-likeness (QED) is 0.357. The molecule has 0 radical (unpaired) electrons. The molecule has 5 nitrogen and oxygen atoms in total. The van der Waals surface area contributed by atoms with Crippen molar-refractivity contribution in [1.29, 1.82) is 0 Å². The maximum absolute atomic E-state index is 12.4. The van der Waals surface area contributed by atoms with Crippen molar-refractivity contribution in [3.8, 4) is 11.1 Å². The van der Waals surface area contributed by atoms with Crippen molar-refractivity contribution in [1.82, 2.24) is 0 Å². The van der Waals surface area contributed by atoms with E-state index in [0.717, 1.165) is 27.8 Å². The van der Waals surface area contributed by atoms with Gasteiger partial charge in [0.1, 0.15) is 0 Å². The summed E-state index contributed by atoms with van der Waals surface area (Å²) >= 11 is 0. The van der Waals surface area contributed by atoms with E-state index < -0.39 is 10.1 Å². The minimum atomic E-state index is -3.78. The average Bonchev–Trinajstić information content (AvgIpc) is 2.78. The summed E-state index contributed by atoms with van der Waals surface area (Å²) in [6, 6.07) is 22.5. The molecule has 0 aromatic heterocycles. The molecule has 3 aromatic rings. The molecule has 3 aromatic carbocycles. The summed E-state index contributed by atoms with van der Waals surface area (Å²) in [6.07, 6.45) is 1.43. The summed E-state index contributed by atoms with van der Waals surface area (Å²) in [5.74, 6) is -0.227. The molecule has 3 rings (SSSR count). The average molecular weight is 439 g/mol. The lowest BCUT2D eigenvalue weighted by Gasteiger charge is -2.11. The van der Waals surface area contributed by atoms with Gasteiger partial charge in [-0.1, -0.05) is 66.2 Å². The fourth-order valence-electron chi connectivity index (χ4n) is 3.25. The van der Waals surface area contributed by atoms with Gasteiger partial charge < -0.3 is 4.74 Å². The van der Waals surface area contributed by atoms with Gasteiger partial charge in [0, 0.05) is 6.42 Å². The topological polar surface area (TPSA) is 69.7 Å². The summed E-state index contributed by atoms with van der Waals surface area (Å²) < 4.78 is 34.7. The van der Waals surface area contributed by atoms with E-state index in [-0.39, 0.29) is 17.5 Å². The maximum Gasteiger partial charge on any atom is 0.305 e. The number of carbonyl (C=O) groups excluding carboxylic acids is 1. The lowest BCUT2D eigenvalue weighted by molar-refractivity contribution is -0.140. The Labute approximate surface area is 183 Å². The normalized spacial score (nSPS) is 11.3. The van der Waals surface area contributed by atoms with Crippen LogP contribution in [0.4, 0.5) is 0 Å². The Kier molecular flexibility index (Phi) is 7.60. The van der Waals surface area contributed by atoms with E-state index in [1.165, 1.54) is 7.11 Å². The SMILES string of the molecule is COC(=O)CCc1ccc(-c2ccccc2CCOS(=O)(=O)c2ccc(C)cc2)cc1. The van der Waals surface area contributed by atoms with Gasteiger partial charge in [0.25, 0.3) is 10.1 Å². The zero-order chi connectivity index (χ0) is 22.3. The van der Waals surface area contributed by atoms with Gasteiger partial charge in [-0.2, -0.15) is 8.42 Å². The van der Waals surface area contributed by atoms with Gasteiger partial charge in [0.2, 0.25) is 0 Å². The van der Waals surface area contributed by atoms with E-state index in [0.29, 0.717) is 19.3 Å². The van der Waals surface area contributed by atoms with Crippen molar-refractivity contribution < 1.29 is 22.1 Å². The predicted molar refractivity (Wildman–Crippen MR) is 120 cm³/mol. The molecule has 0 atom stereocenters. The third-order valence-electron chi connectivity index (χ3n) is 5.05. The summed E-state index contributed by atoms with van der Waals surface area (Å²) in [6.45, 7) is 1.96. The van der Waals surface area contributed by atoms with Crippen LogP contribution in [0.3, 0.4) is 0 Å². The Morgan fingerprint density at radius 3 is 2.23 bits per heavy atom. The largest absolute Gasteiger partial charge is 0.469 e. The van der Waals surface area contributed by atoms with Crippen LogP contribution in [0, 0.1) is 6.92 Å². The van der Waals surface area contributed by atoms with E-state index in [9.17, 15) is 13.2 Å². The van der Waals surface area contributed by atoms with Crippen molar-refractivity contribution in [2.45, 2.75) is 31.1 Å². The molecule has 0 saturated heterocycles. The van der Waals surface area contributed by atoms with E-state index in [4.69, 9.17) is 4.18 Å². The molecule has 0 aliphatic heterocycles. The first-order valence-corrected chi connectivity index (χ1v) is 11.5. The number of hydrogen-bond acceptors (Lipinski definition) is 5. The monoisotopic (exact) mass is 438 g/mol.